The highest BCUT2D eigenvalue weighted by Gasteiger charge is 2.45. The van der Waals surface area contributed by atoms with Crippen LogP contribution in [0.25, 0.3) is 0 Å². The number of rotatable bonds is 8. The zero-order valence-electron chi connectivity index (χ0n) is 20.6. The van der Waals surface area contributed by atoms with E-state index < -0.39 is 5.79 Å². The third kappa shape index (κ3) is 5.66. The molecule has 2 saturated heterocycles. The Bertz CT molecular complexity index is 1130. The zero-order chi connectivity index (χ0) is 25.1. The molecule has 7 nitrogen and oxygen atoms in total. The predicted molar refractivity (Wildman–Crippen MR) is 142 cm³/mol. The third-order valence-corrected chi connectivity index (χ3v) is 7.38. The highest BCUT2D eigenvalue weighted by Crippen LogP contribution is 2.40. The van der Waals surface area contributed by atoms with Crippen molar-refractivity contribution >= 4 is 28.9 Å². The Morgan fingerprint density at radius 2 is 1.86 bits per heavy atom. The fraction of sp³-hybridized carbons (Fsp3) is 0.444. The van der Waals surface area contributed by atoms with Crippen LogP contribution in [0.5, 0.6) is 5.75 Å². The number of aromatic nitrogens is 2. The summed E-state index contributed by atoms with van der Waals surface area (Å²) in [7, 11) is 0. The summed E-state index contributed by atoms with van der Waals surface area (Å²) in [6.07, 6.45) is 5.06. The summed E-state index contributed by atoms with van der Waals surface area (Å²) in [6.45, 7) is 9.93. The molecular weight excluding hydrogens is 499 g/mol. The molecule has 2 fully saturated rings. The zero-order valence-corrected chi connectivity index (χ0v) is 22.2. The average molecular weight is 531 g/mol. The molecule has 0 N–H and O–H groups in total. The highest BCUT2D eigenvalue weighted by atomic mass is 35.5. The summed E-state index contributed by atoms with van der Waals surface area (Å²) in [5.74, 6) is -0.252. The molecule has 5 rings (SSSR count). The van der Waals surface area contributed by atoms with Crippen molar-refractivity contribution in [2.45, 2.75) is 38.3 Å². The molecule has 3 heterocycles. The summed E-state index contributed by atoms with van der Waals surface area (Å²) < 4.78 is 20.7. The van der Waals surface area contributed by atoms with Crippen molar-refractivity contribution in [2.75, 3.05) is 44.3 Å². The van der Waals surface area contributed by atoms with Gasteiger partial charge in [-0.3, -0.25) is 4.90 Å². The molecule has 0 bridgehead atoms. The molecule has 1 aromatic heterocycles. The van der Waals surface area contributed by atoms with Gasteiger partial charge in [0, 0.05) is 60.9 Å². The van der Waals surface area contributed by atoms with Gasteiger partial charge in [-0.15, -0.1) is 0 Å². The van der Waals surface area contributed by atoms with Crippen LogP contribution in [-0.4, -0.2) is 66.0 Å². The Morgan fingerprint density at radius 1 is 1.08 bits per heavy atom. The van der Waals surface area contributed by atoms with Crippen molar-refractivity contribution in [2.24, 2.45) is 0 Å². The fourth-order valence-corrected chi connectivity index (χ4v) is 5.37. The SMILES string of the molecule is CC(C)N1CCN(c2ccc(OCC3COC(Cn4ccnc4)(c4ccc(Cl)cc4Cl)O3)cc2)CC1. The van der Waals surface area contributed by atoms with E-state index in [9.17, 15) is 0 Å². The number of hydrogen-bond donors (Lipinski definition) is 0. The molecule has 0 radical (unpaired) electrons. The summed E-state index contributed by atoms with van der Waals surface area (Å²) in [6, 6.07) is 14.2. The van der Waals surface area contributed by atoms with Gasteiger partial charge in [0.25, 0.3) is 0 Å². The molecule has 0 aliphatic carbocycles. The molecule has 192 valence electrons. The number of hydrogen-bond acceptors (Lipinski definition) is 6. The van der Waals surface area contributed by atoms with E-state index in [0.717, 1.165) is 37.5 Å². The minimum absolute atomic E-state index is 0.260. The fourth-order valence-electron chi connectivity index (χ4n) is 4.81. The van der Waals surface area contributed by atoms with E-state index in [0.29, 0.717) is 35.8 Å². The quantitative estimate of drug-likeness (QED) is 0.405. The van der Waals surface area contributed by atoms with E-state index >= 15 is 0 Å². The molecule has 2 aliphatic heterocycles. The summed E-state index contributed by atoms with van der Waals surface area (Å²) in [5.41, 5.74) is 1.95. The molecule has 36 heavy (non-hydrogen) atoms. The van der Waals surface area contributed by atoms with Crippen LogP contribution in [0.15, 0.2) is 61.2 Å². The van der Waals surface area contributed by atoms with E-state index in [1.807, 2.05) is 29.0 Å². The molecule has 3 aromatic rings. The maximum absolute atomic E-state index is 6.55. The molecule has 0 spiro atoms. The molecule has 2 aliphatic rings. The van der Waals surface area contributed by atoms with Gasteiger partial charge >= 0.3 is 0 Å². The summed E-state index contributed by atoms with van der Waals surface area (Å²) in [4.78, 5) is 9.08. The van der Waals surface area contributed by atoms with Crippen molar-refractivity contribution in [1.82, 2.24) is 14.5 Å². The number of imidazole rings is 1. The van der Waals surface area contributed by atoms with Crippen molar-refractivity contribution in [3.8, 4) is 5.75 Å². The van der Waals surface area contributed by atoms with E-state index in [2.05, 4.69) is 40.8 Å². The largest absolute Gasteiger partial charge is 0.491 e. The van der Waals surface area contributed by atoms with Crippen molar-refractivity contribution in [3.63, 3.8) is 0 Å². The summed E-state index contributed by atoms with van der Waals surface area (Å²) >= 11 is 12.7. The first-order valence-electron chi connectivity index (χ1n) is 12.4. The smallest absolute Gasteiger partial charge is 0.215 e. The van der Waals surface area contributed by atoms with Crippen molar-refractivity contribution < 1.29 is 14.2 Å². The average Bonchev–Trinajstić information content (AvgIpc) is 3.54. The topological polar surface area (TPSA) is 52.0 Å². The third-order valence-electron chi connectivity index (χ3n) is 6.83. The second-order valence-corrected chi connectivity index (χ2v) is 10.4. The van der Waals surface area contributed by atoms with Crippen LogP contribution in [0.3, 0.4) is 0 Å². The highest BCUT2D eigenvalue weighted by molar-refractivity contribution is 6.35. The molecule has 9 heteroatoms. The van der Waals surface area contributed by atoms with Gasteiger partial charge in [0.2, 0.25) is 5.79 Å². The standard InChI is InChI=1S/C27H32Cl2N4O3/c1-20(2)32-11-13-33(14-12-32)22-4-6-23(7-5-22)34-16-24-17-35-27(36-24,18-31-10-9-30-19-31)25-8-3-21(28)15-26(25)29/h3-10,15,19-20,24H,11-14,16-18H2,1-2H3. The summed E-state index contributed by atoms with van der Waals surface area (Å²) in [5, 5.41) is 1.05. The number of ether oxygens (including phenoxy) is 3. The number of benzene rings is 2. The van der Waals surface area contributed by atoms with Gasteiger partial charge in [-0.1, -0.05) is 29.3 Å². The molecular formula is C27H32Cl2N4O3. The van der Waals surface area contributed by atoms with E-state index in [4.69, 9.17) is 37.4 Å². The van der Waals surface area contributed by atoms with Gasteiger partial charge in [0.05, 0.1) is 24.5 Å². The van der Waals surface area contributed by atoms with Gasteiger partial charge in [-0.2, -0.15) is 0 Å². The van der Waals surface area contributed by atoms with Crippen LogP contribution in [0.4, 0.5) is 5.69 Å². The van der Waals surface area contributed by atoms with Crippen LogP contribution in [-0.2, 0) is 21.8 Å². The first-order valence-corrected chi connectivity index (χ1v) is 13.1. The van der Waals surface area contributed by atoms with Gasteiger partial charge in [0.1, 0.15) is 18.5 Å². The molecule has 2 atom stereocenters. The number of nitrogens with zero attached hydrogens (tertiary/aromatic N) is 4. The molecule has 0 amide bonds. The lowest BCUT2D eigenvalue weighted by atomic mass is 10.1. The van der Waals surface area contributed by atoms with Crippen LogP contribution >= 0.6 is 23.2 Å². The Morgan fingerprint density at radius 3 is 2.53 bits per heavy atom. The molecule has 2 unspecified atom stereocenters. The first-order chi connectivity index (χ1) is 17.4. The van der Waals surface area contributed by atoms with E-state index in [-0.39, 0.29) is 6.10 Å². The monoisotopic (exact) mass is 530 g/mol. The van der Waals surface area contributed by atoms with Gasteiger partial charge < -0.3 is 23.7 Å². The number of piperazine rings is 1. The lowest BCUT2D eigenvalue weighted by Crippen LogP contribution is -2.48. The lowest BCUT2D eigenvalue weighted by Gasteiger charge is -2.38. The van der Waals surface area contributed by atoms with Crippen LogP contribution < -0.4 is 9.64 Å². The lowest BCUT2D eigenvalue weighted by molar-refractivity contribution is -0.189. The Labute approximate surface area is 222 Å². The van der Waals surface area contributed by atoms with Crippen LogP contribution in [0, 0.1) is 0 Å². The van der Waals surface area contributed by atoms with E-state index in [1.54, 1.807) is 24.7 Å². The minimum atomic E-state index is -1.06. The minimum Gasteiger partial charge on any atom is -0.491 e. The maximum Gasteiger partial charge on any atom is 0.215 e. The molecule has 0 saturated carbocycles. The van der Waals surface area contributed by atoms with Crippen molar-refractivity contribution in [1.29, 1.82) is 0 Å². The van der Waals surface area contributed by atoms with Crippen LogP contribution in [0.2, 0.25) is 10.0 Å². The van der Waals surface area contributed by atoms with Crippen LogP contribution in [0.1, 0.15) is 19.4 Å². The number of anilines is 1. The first kappa shape index (κ1) is 25.4. The molecule has 2 aromatic carbocycles. The second kappa shape index (κ2) is 11.0. The Balaban J connectivity index is 1.21. The maximum atomic E-state index is 6.55. The second-order valence-electron chi connectivity index (χ2n) is 9.58. The van der Waals surface area contributed by atoms with Crippen molar-refractivity contribution in [3.05, 3.63) is 76.8 Å². The van der Waals surface area contributed by atoms with Gasteiger partial charge in [0.15, 0.2) is 0 Å². The predicted octanol–water partition coefficient (Wildman–Crippen LogP) is 5.07. The van der Waals surface area contributed by atoms with E-state index in [1.165, 1.54) is 5.69 Å². The number of halogens is 2. The van der Waals surface area contributed by atoms with Gasteiger partial charge in [-0.05, 0) is 50.2 Å². The van der Waals surface area contributed by atoms with Gasteiger partial charge in [-0.25, -0.2) is 4.98 Å². The Kier molecular flexibility index (Phi) is 7.74. The normalized spacial score (nSPS) is 22.9. The Hall–Kier alpha value is -2.29.